The van der Waals surface area contributed by atoms with E-state index in [2.05, 4.69) is 0 Å². The van der Waals surface area contributed by atoms with Crippen molar-refractivity contribution in [3.05, 3.63) is 89.0 Å². The van der Waals surface area contributed by atoms with Crippen LogP contribution in [-0.4, -0.2) is 15.1 Å². The Balaban J connectivity index is 0.000000186. The van der Waals surface area contributed by atoms with Gasteiger partial charge in [-0.1, -0.05) is 24.3 Å². The van der Waals surface area contributed by atoms with Crippen LogP contribution in [0.4, 0.5) is 28.4 Å². The van der Waals surface area contributed by atoms with E-state index in [1.54, 1.807) is 72.8 Å². The topological polar surface area (TPSA) is 188 Å². The van der Waals surface area contributed by atoms with Gasteiger partial charge in [-0.3, -0.25) is 10.1 Å². The predicted molar refractivity (Wildman–Crippen MR) is 131 cm³/mol. The summed E-state index contributed by atoms with van der Waals surface area (Å²) in [5, 5.41) is 29.9. The molecule has 0 fully saturated rings. The minimum atomic E-state index is -0.442. The number of nitrogen functional groups attached to an aromatic ring is 4. The molecule has 10 N–H and O–H groups in total. The van der Waals surface area contributed by atoms with Gasteiger partial charge in [0.2, 0.25) is 0 Å². The monoisotopic (exact) mass is 445 g/mol. The molecule has 4 aromatic carbocycles. The van der Waals surface area contributed by atoms with Gasteiger partial charge < -0.3 is 33.1 Å². The van der Waals surface area contributed by atoms with E-state index < -0.39 is 4.92 Å². The molecule has 168 valence electrons. The van der Waals surface area contributed by atoms with Gasteiger partial charge in [-0.25, -0.2) is 0 Å². The zero-order valence-corrected chi connectivity index (χ0v) is 17.5. The Morgan fingerprint density at radius 1 is 0.606 bits per heavy atom. The third-order valence-electron chi connectivity index (χ3n) is 4.83. The number of aromatic hydroxyl groups is 2. The van der Waals surface area contributed by atoms with Gasteiger partial charge in [0.15, 0.2) is 0 Å². The van der Waals surface area contributed by atoms with Crippen LogP contribution >= 0.6 is 0 Å². The van der Waals surface area contributed by atoms with Crippen LogP contribution < -0.4 is 22.9 Å². The number of nitro benzene ring substituents is 1. The summed E-state index contributed by atoms with van der Waals surface area (Å²) in [4.78, 5) is 10.5. The van der Waals surface area contributed by atoms with Crippen LogP contribution in [0.2, 0.25) is 0 Å². The molecule has 0 unspecified atom stereocenters. The molecule has 0 aliphatic rings. The van der Waals surface area contributed by atoms with Crippen LogP contribution in [0.1, 0.15) is 0 Å². The summed E-state index contributed by atoms with van der Waals surface area (Å²) in [7, 11) is 0. The normalized spacial score (nSPS) is 10.2. The molecular formula is C24H23N5O4. The lowest BCUT2D eigenvalue weighted by Gasteiger charge is -2.06. The zero-order chi connectivity index (χ0) is 24.1. The molecule has 0 amide bonds. The quantitative estimate of drug-likeness (QED) is 0.116. The number of phenols is 2. The van der Waals surface area contributed by atoms with Gasteiger partial charge in [0.25, 0.3) is 5.69 Å². The number of nitrogens with zero attached hydrogens (tertiary/aromatic N) is 1. The molecule has 0 saturated heterocycles. The highest BCUT2D eigenvalue weighted by Gasteiger charge is 2.15. The first-order chi connectivity index (χ1) is 15.7. The summed E-state index contributed by atoms with van der Waals surface area (Å²) in [6.45, 7) is 0. The lowest BCUT2D eigenvalue weighted by molar-refractivity contribution is -0.384. The minimum absolute atomic E-state index is 0.00484. The lowest BCUT2D eigenvalue weighted by Crippen LogP contribution is -1.94. The van der Waals surface area contributed by atoms with E-state index in [0.717, 1.165) is 16.7 Å². The smallest absolute Gasteiger partial charge is 0.279 e. The fourth-order valence-electron chi connectivity index (χ4n) is 3.05. The maximum absolute atomic E-state index is 10.9. The molecule has 4 aromatic rings. The number of phenolic OH excluding ortho intramolecular Hbond substituents is 2. The van der Waals surface area contributed by atoms with Crippen LogP contribution in [0.15, 0.2) is 78.9 Å². The van der Waals surface area contributed by atoms with Gasteiger partial charge in [0.1, 0.15) is 11.5 Å². The molecular weight excluding hydrogens is 422 g/mol. The van der Waals surface area contributed by atoms with Crippen molar-refractivity contribution in [3.63, 3.8) is 0 Å². The molecule has 0 saturated carbocycles. The zero-order valence-electron chi connectivity index (χ0n) is 17.5. The summed E-state index contributed by atoms with van der Waals surface area (Å²) in [6.07, 6.45) is 0. The number of nitro groups is 1. The van der Waals surface area contributed by atoms with Gasteiger partial charge >= 0.3 is 0 Å². The third kappa shape index (κ3) is 5.42. The Labute approximate surface area is 189 Å². The average molecular weight is 445 g/mol. The first-order valence-corrected chi connectivity index (χ1v) is 9.73. The highest BCUT2D eigenvalue weighted by Crippen LogP contribution is 2.32. The molecule has 4 rings (SSSR count). The van der Waals surface area contributed by atoms with E-state index in [1.807, 2.05) is 0 Å². The highest BCUT2D eigenvalue weighted by atomic mass is 16.6. The lowest BCUT2D eigenvalue weighted by atomic mass is 10.0. The Morgan fingerprint density at radius 2 is 1.06 bits per heavy atom. The predicted octanol–water partition coefficient (Wildman–Crippen LogP) is 4.36. The van der Waals surface area contributed by atoms with Gasteiger partial charge in [0, 0.05) is 17.4 Å². The maximum Gasteiger partial charge on any atom is 0.279 e. The second kappa shape index (κ2) is 9.48. The van der Waals surface area contributed by atoms with E-state index in [0.29, 0.717) is 28.3 Å². The fraction of sp³-hybridized carbons (Fsp3) is 0. The van der Waals surface area contributed by atoms with E-state index in [9.17, 15) is 20.3 Å². The number of benzene rings is 4. The number of hydrogen-bond acceptors (Lipinski definition) is 8. The summed E-state index contributed by atoms with van der Waals surface area (Å²) in [5.41, 5.74) is 26.6. The van der Waals surface area contributed by atoms with Crippen molar-refractivity contribution in [1.29, 1.82) is 0 Å². The third-order valence-corrected chi connectivity index (χ3v) is 4.83. The summed E-state index contributed by atoms with van der Waals surface area (Å²) in [6, 6.07) is 21.4. The van der Waals surface area contributed by atoms with Crippen molar-refractivity contribution < 1.29 is 15.1 Å². The summed E-state index contributed by atoms with van der Waals surface area (Å²) >= 11 is 0. The number of nitrogens with two attached hydrogens (primary N) is 4. The molecule has 0 atom stereocenters. The SMILES string of the molecule is Nc1ccc(-c2ccc(N)c(O)c2)cc1O.Nc1ccc(-c2ccc(N)cc2[N+](=O)[O-])cc1. The van der Waals surface area contributed by atoms with Crippen molar-refractivity contribution in [2.24, 2.45) is 0 Å². The maximum atomic E-state index is 10.9. The molecule has 0 radical (unpaired) electrons. The van der Waals surface area contributed by atoms with E-state index >= 15 is 0 Å². The standard InChI is InChI=1S/C12H11N3O2.C12H12N2O2/c13-9-3-1-8(2-4-9)11-6-5-10(14)7-12(11)15(16)17;13-9-3-1-7(5-11(9)15)8-2-4-10(14)12(16)6-8/h1-7H,13-14H2;1-6,15-16H,13-14H2. The highest BCUT2D eigenvalue weighted by molar-refractivity contribution is 5.77. The van der Waals surface area contributed by atoms with E-state index in [1.165, 1.54) is 6.07 Å². The van der Waals surface area contributed by atoms with Crippen LogP contribution in [0.25, 0.3) is 22.3 Å². The first kappa shape index (κ1) is 22.8. The fourth-order valence-corrected chi connectivity index (χ4v) is 3.05. The number of rotatable bonds is 3. The van der Waals surface area contributed by atoms with Gasteiger partial charge in [0.05, 0.1) is 21.9 Å². The number of hydrogen-bond donors (Lipinski definition) is 6. The summed E-state index contributed by atoms with van der Waals surface area (Å²) < 4.78 is 0. The van der Waals surface area contributed by atoms with Crippen molar-refractivity contribution in [2.45, 2.75) is 0 Å². The van der Waals surface area contributed by atoms with Crippen LogP contribution in [0.3, 0.4) is 0 Å². The van der Waals surface area contributed by atoms with E-state index in [-0.39, 0.29) is 17.2 Å². The molecule has 33 heavy (non-hydrogen) atoms. The van der Waals surface area contributed by atoms with Gasteiger partial charge in [-0.05, 0) is 65.2 Å². The second-order valence-corrected chi connectivity index (χ2v) is 7.20. The Hall–Kier alpha value is -4.92. The van der Waals surface area contributed by atoms with Crippen LogP contribution in [0, 0.1) is 10.1 Å². The molecule has 0 spiro atoms. The molecule has 0 aliphatic carbocycles. The molecule has 9 nitrogen and oxygen atoms in total. The Kier molecular flexibility index (Phi) is 6.54. The molecule has 0 aromatic heterocycles. The first-order valence-electron chi connectivity index (χ1n) is 9.73. The Morgan fingerprint density at radius 3 is 1.52 bits per heavy atom. The van der Waals surface area contributed by atoms with Gasteiger partial charge in [-0.2, -0.15) is 0 Å². The van der Waals surface area contributed by atoms with Crippen molar-refractivity contribution in [1.82, 2.24) is 0 Å². The largest absolute Gasteiger partial charge is 0.506 e. The molecule has 0 heterocycles. The molecule has 0 bridgehead atoms. The van der Waals surface area contributed by atoms with Crippen molar-refractivity contribution in [3.8, 4) is 33.8 Å². The van der Waals surface area contributed by atoms with Crippen LogP contribution in [-0.2, 0) is 0 Å². The second-order valence-electron chi connectivity index (χ2n) is 7.20. The number of anilines is 4. The summed E-state index contributed by atoms with van der Waals surface area (Å²) in [5.74, 6) is 0.0441. The average Bonchev–Trinajstić information content (AvgIpc) is 2.78. The minimum Gasteiger partial charge on any atom is -0.506 e. The molecule has 0 aliphatic heterocycles. The van der Waals surface area contributed by atoms with E-state index in [4.69, 9.17) is 22.9 Å². The van der Waals surface area contributed by atoms with Crippen LogP contribution in [0.5, 0.6) is 11.5 Å². The Bertz CT molecular complexity index is 1260. The molecule has 9 heteroatoms. The van der Waals surface area contributed by atoms with Gasteiger partial charge in [-0.15, -0.1) is 0 Å². The van der Waals surface area contributed by atoms with Crippen molar-refractivity contribution >= 4 is 28.4 Å². The van der Waals surface area contributed by atoms with Crippen molar-refractivity contribution in [2.75, 3.05) is 22.9 Å².